The number of amides is 1. The van der Waals surface area contributed by atoms with Gasteiger partial charge in [-0.1, -0.05) is 30.3 Å². The van der Waals surface area contributed by atoms with E-state index in [-0.39, 0.29) is 17.4 Å². The fourth-order valence-corrected chi connectivity index (χ4v) is 1.79. The van der Waals surface area contributed by atoms with Crippen molar-refractivity contribution in [3.8, 4) is 0 Å². The van der Waals surface area contributed by atoms with Crippen LogP contribution in [0.3, 0.4) is 0 Å². The summed E-state index contributed by atoms with van der Waals surface area (Å²) in [5, 5.41) is 0. The van der Waals surface area contributed by atoms with E-state index in [0.29, 0.717) is 13.1 Å². The third kappa shape index (κ3) is 3.07. The third-order valence-electron chi connectivity index (χ3n) is 2.81. The second kappa shape index (κ2) is 5.95. The van der Waals surface area contributed by atoms with Gasteiger partial charge in [-0.05, 0) is 12.5 Å². The molecule has 0 aliphatic heterocycles. The van der Waals surface area contributed by atoms with Crippen molar-refractivity contribution >= 4 is 11.7 Å². The number of aromatic nitrogens is 2. The molecule has 0 radical (unpaired) electrons. The van der Waals surface area contributed by atoms with Crippen molar-refractivity contribution in [2.75, 3.05) is 12.3 Å². The summed E-state index contributed by atoms with van der Waals surface area (Å²) in [4.78, 5) is 21.9. The number of anilines is 1. The number of hydrogen-bond acceptors (Lipinski definition) is 4. The van der Waals surface area contributed by atoms with Gasteiger partial charge in [0.25, 0.3) is 5.91 Å². The van der Waals surface area contributed by atoms with Crippen LogP contribution in [-0.4, -0.2) is 27.3 Å². The average molecular weight is 256 g/mol. The first kappa shape index (κ1) is 13.0. The van der Waals surface area contributed by atoms with Crippen LogP contribution in [0.2, 0.25) is 0 Å². The summed E-state index contributed by atoms with van der Waals surface area (Å²) >= 11 is 0. The smallest absolute Gasteiger partial charge is 0.276 e. The zero-order valence-corrected chi connectivity index (χ0v) is 10.8. The number of nitrogen functional groups attached to an aromatic ring is 1. The van der Waals surface area contributed by atoms with Crippen LogP contribution in [-0.2, 0) is 6.54 Å². The molecule has 0 fully saturated rings. The maximum Gasteiger partial charge on any atom is 0.276 e. The van der Waals surface area contributed by atoms with E-state index in [4.69, 9.17) is 5.73 Å². The lowest BCUT2D eigenvalue weighted by molar-refractivity contribution is 0.0747. The van der Waals surface area contributed by atoms with Crippen molar-refractivity contribution in [1.82, 2.24) is 14.9 Å². The minimum atomic E-state index is -0.197. The number of benzene rings is 1. The first-order valence-electron chi connectivity index (χ1n) is 6.12. The van der Waals surface area contributed by atoms with Crippen LogP contribution >= 0.6 is 0 Å². The highest BCUT2D eigenvalue weighted by Gasteiger charge is 2.18. The maximum absolute atomic E-state index is 12.3. The molecular weight excluding hydrogens is 240 g/mol. The second-order valence-electron chi connectivity index (χ2n) is 4.10. The first-order chi connectivity index (χ1) is 9.22. The number of nitrogens with zero attached hydrogens (tertiary/aromatic N) is 3. The fourth-order valence-electron chi connectivity index (χ4n) is 1.79. The van der Waals surface area contributed by atoms with Crippen LogP contribution in [0, 0.1) is 0 Å². The van der Waals surface area contributed by atoms with E-state index >= 15 is 0 Å². The van der Waals surface area contributed by atoms with E-state index in [2.05, 4.69) is 9.97 Å². The van der Waals surface area contributed by atoms with E-state index in [0.717, 1.165) is 5.56 Å². The average Bonchev–Trinajstić information content (AvgIpc) is 2.46. The molecule has 5 heteroatoms. The van der Waals surface area contributed by atoms with Crippen LogP contribution < -0.4 is 5.73 Å². The molecular formula is C14H16N4O. The minimum Gasteiger partial charge on any atom is -0.382 e. The molecule has 0 atom stereocenters. The van der Waals surface area contributed by atoms with Gasteiger partial charge in [-0.15, -0.1) is 0 Å². The van der Waals surface area contributed by atoms with Crippen LogP contribution in [0.5, 0.6) is 0 Å². The van der Waals surface area contributed by atoms with Crippen molar-refractivity contribution in [1.29, 1.82) is 0 Å². The molecule has 0 aliphatic carbocycles. The molecule has 1 heterocycles. The highest BCUT2D eigenvalue weighted by atomic mass is 16.2. The molecule has 0 aliphatic rings. The Balaban J connectivity index is 2.18. The number of carbonyl (C=O) groups is 1. The van der Waals surface area contributed by atoms with Gasteiger partial charge in [-0.25, -0.2) is 9.97 Å². The normalized spacial score (nSPS) is 10.2. The van der Waals surface area contributed by atoms with Crippen molar-refractivity contribution < 1.29 is 4.79 Å². The van der Waals surface area contributed by atoms with E-state index < -0.39 is 0 Å². The van der Waals surface area contributed by atoms with Gasteiger partial charge in [0.15, 0.2) is 11.5 Å². The molecule has 5 nitrogen and oxygen atoms in total. The lowest BCUT2D eigenvalue weighted by atomic mass is 10.2. The van der Waals surface area contributed by atoms with Gasteiger partial charge in [0.05, 0.1) is 0 Å². The maximum atomic E-state index is 12.3. The van der Waals surface area contributed by atoms with E-state index in [1.165, 1.54) is 12.4 Å². The van der Waals surface area contributed by atoms with Crippen molar-refractivity contribution in [3.63, 3.8) is 0 Å². The lowest BCUT2D eigenvalue weighted by Gasteiger charge is -2.20. The molecule has 0 bridgehead atoms. The van der Waals surface area contributed by atoms with Crippen LogP contribution in [0.1, 0.15) is 23.0 Å². The molecule has 1 aromatic heterocycles. The van der Waals surface area contributed by atoms with Crippen LogP contribution in [0.15, 0.2) is 42.7 Å². The molecule has 0 unspecified atom stereocenters. The molecule has 19 heavy (non-hydrogen) atoms. The van der Waals surface area contributed by atoms with Crippen molar-refractivity contribution in [2.45, 2.75) is 13.5 Å². The van der Waals surface area contributed by atoms with Gasteiger partial charge in [0.1, 0.15) is 0 Å². The number of hydrogen-bond donors (Lipinski definition) is 1. The Labute approximate surface area is 112 Å². The molecule has 98 valence electrons. The van der Waals surface area contributed by atoms with Gasteiger partial charge in [-0.3, -0.25) is 4.79 Å². The molecule has 1 aromatic carbocycles. The van der Waals surface area contributed by atoms with Gasteiger partial charge in [0, 0.05) is 25.5 Å². The fraction of sp³-hybridized carbons (Fsp3) is 0.214. The Hall–Kier alpha value is -2.43. The highest BCUT2D eigenvalue weighted by molar-refractivity contribution is 5.96. The molecule has 0 saturated carbocycles. The Morgan fingerprint density at radius 2 is 1.89 bits per heavy atom. The molecule has 2 rings (SSSR count). The summed E-state index contributed by atoms with van der Waals surface area (Å²) < 4.78 is 0. The van der Waals surface area contributed by atoms with Gasteiger partial charge >= 0.3 is 0 Å². The Morgan fingerprint density at radius 3 is 2.53 bits per heavy atom. The zero-order valence-electron chi connectivity index (χ0n) is 10.8. The molecule has 1 amide bonds. The number of rotatable bonds is 4. The van der Waals surface area contributed by atoms with Gasteiger partial charge in [-0.2, -0.15) is 0 Å². The zero-order chi connectivity index (χ0) is 13.7. The van der Waals surface area contributed by atoms with Crippen LogP contribution in [0.4, 0.5) is 5.82 Å². The number of nitrogens with two attached hydrogens (primary N) is 1. The Kier molecular flexibility index (Phi) is 4.07. The quantitative estimate of drug-likeness (QED) is 0.904. The van der Waals surface area contributed by atoms with E-state index in [1.54, 1.807) is 4.90 Å². The predicted octanol–water partition coefficient (Wildman–Crippen LogP) is 1.72. The topological polar surface area (TPSA) is 72.1 Å². The van der Waals surface area contributed by atoms with Crippen molar-refractivity contribution in [3.05, 3.63) is 54.0 Å². The summed E-state index contributed by atoms with van der Waals surface area (Å²) in [6.07, 6.45) is 2.94. The van der Waals surface area contributed by atoms with Crippen LogP contribution in [0.25, 0.3) is 0 Å². The summed E-state index contributed by atoms with van der Waals surface area (Å²) in [6, 6.07) is 9.81. The Morgan fingerprint density at radius 1 is 1.21 bits per heavy atom. The van der Waals surface area contributed by atoms with E-state index in [1.807, 2.05) is 37.3 Å². The van der Waals surface area contributed by atoms with Crippen molar-refractivity contribution in [2.24, 2.45) is 0 Å². The van der Waals surface area contributed by atoms with E-state index in [9.17, 15) is 4.79 Å². The minimum absolute atomic E-state index is 0.166. The standard InChI is InChI=1S/C14H16N4O/c1-2-18(10-11-6-4-3-5-7-11)14(19)12-13(15)17-9-8-16-12/h3-9H,2,10H2,1H3,(H2,15,17). The highest BCUT2D eigenvalue weighted by Crippen LogP contribution is 2.11. The summed E-state index contributed by atoms with van der Waals surface area (Å²) in [6.45, 7) is 3.04. The third-order valence-corrected chi connectivity index (χ3v) is 2.81. The largest absolute Gasteiger partial charge is 0.382 e. The SMILES string of the molecule is CCN(Cc1ccccc1)C(=O)c1nccnc1N. The Bertz CT molecular complexity index is 556. The van der Waals surface area contributed by atoms with Gasteiger partial charge in [0.2, 0.25) is 0 Å². The van der Waals surface area contributed by atoms with Gasteiger partial charge < -0.3 is 10.6 Å². The summed E-state index contributed by atoms with van der Waals surface area (Å²) in [7, 11) is 0. The summed E-state index contributed by atoms with van der Waals surface area (Å²) in [5.74, 6) is -0.0315. The molecule has 2 N–H and O–H groups in total. The second-order valence-corrected chi connectivity index (χ2v) is 4.10. The lowest BCUT2D eigenvalue weighted by Crippen LogP contribution is -2.31. The summed E-state index contributed by atoms with van der Waals surface area (Å²) in [5.41, 5.74) is 6.96. The predicted molar refractivity (Wildman–Crippen MR) is 73.3 cm³/mol. The number of carbonyl (C=O) groups excluding carboxylic acids is 1. The molecule has 0 saturated heterocycles. The first-order valence-corrected chi connectivity index (χ1v) is 6.12. The molecule has 0 spiro atoms. The molecule has 2 aromatic rings. The monoisotopic (exact) mass is 256 g/mol.